The summed E-state index contributed by atoms with van der Waals surface area (Å²) in [4.78, 5) is 39.7. The molecular weight excluding hydrogens is 483 g/mol. The average Bonchev–Trinajstić information content (AvgIpc) is 2.91. The third-order valence-electron chi connectivity index (χ3n) is 5.77. The van der Waals surface area contributed by atoms with E-state index < -0.39 is 11.7 Å². The maximum absolute atomic E-state index is 14.4. The van der Waals surface area contributed by atoms with Crippen LogP contribution >= 0.6 is 0 Å². The van der Waals surface area contributed by atoms with Gasteiger partial charge in [0.15, 0.2) is 29.0 Å². The molecule has 0 bridgehead atoms. The lowest BCUT2D eigenvalue weighted by atomic mass is 10.2. The second kappa shape index (κ2) is 9.97. The Morgan fingerprint density at radius 2 is 1.86 bits per heavy atom. The van der Waals surface area contributed by atoms with Gasteiger partial charge in [0.2, 0.25) is 5.95 Å². The van der Waals surface area contributed by atoms with Crippen molar-refractivity contribution in [2.75, 3.05) is 54.1 Å². The number of fused-ring (bicyclic) bond motifs is 1. The standard InChI is InChI=1S/C24H23FN8O4/c1-14-22(34)30-21-18(37-14)7-8-19(29-21)28-20-17(25)13-26-23(31-20)27-15-3-5-16(6-4-15)32-9-11-33(12-10-32)24(35)36-2/h3-8,13H,1,9-12H2,2H3,(H3,26,27,28,29,30,31,34). The van der Waals surface area contributed by atoms with Gasteiger partial charge in [-0.25, -0.2) is 19.2 Å². The zero-order valence-corrected chi connectivity index (χ0v) is 19.8. The summed E-state index contributed by atoms with van der Waals surface area (Å²) in [7, 11) is 1.38. The summed E-state index contributed by atoms with van der Waals surface area (Å²) in [5, 5.41) is 8.40. The molecule has 2 amide bonds. The number of ether oxygens (including phenoxy) is 2. The molecule has 3 N–H and O–H groups in total. The van der Waals surface area contributed by atoms with E-state index in [1.807, 2.05) is 24.3 Å². The highest BCUT2D eigenvalue weighted by Gasteiger charge is 2.23. The van der Waals surface area contributed by atoms with Gasteiger partial charge in [0.25, 0.3) is 5.91 Å². The van der Waals surface area contributed by atoms with Crippen molar-refractivity contribution in [2.24, 2.45) is 0 Å². The van der Waals surface area contributed by atoms with E-state index in [4.69, 9.17) is 9.47 Å². The summed E-state index contributed by atoms with van der Waals surface area (Å²) in [6, 6.07) is 10.8. The van der Waals surface area contributed by atoms with Crippen molar-refractivity contribution in [3.8, 4) is 5.75 Å². The molecule has 1 saturated heterocycles. The number of anilines is 6. The first-order valence-electron chi connectivity index (χ1n) is 11.3. The van der Waals surface area contributed by atoms with E-state index in [1.165, 1.54) is 7.11 Å². The minimum absolute atomic E-state index is 0.0401. The molecule has 5 rings (SSSR count). The van der Waals surface area contributed by atoms with Crippen LogP contribution in [-0.4, -0.2) is 65.1 Å². The molecule has 0 saturated carbocycles. The summed E-state index contributed by atoms with van der Waals surface area (Å²) in [6.07, 6.45) is 0.724. The number of pyridine rings is 1. The summed E-state index contributed by atoms with van der Waals surface area (Å²) in [5.74, 6) is -0.396. The Bertz CT molecular complexity index is 1360. The van der Waals surface area contributed by atoms with Gasteiger partial charge in [-0.2, -0.15) is 4.98 Å². The largest absolute Gasteiger partial charge is 0.453 e. The Balaban J connectivity index is 1.24. The smallest absolute Gasteiger partial charge is 0.409 e. The van der Waals surface area contributed by atoms with Gasteiger partial charge in [-0.05, 0) is 36.4 Å². The van der Waals surface area contributed by atoms with Gasteiger partial charge >= 0.3 is 6.09 Å². The molecule has 12 nitrogen and oxygen atoms in total. The van der Waals surface area contributed by atoms with Crippen molar-refractivity contribution in [2.45, 2.75) is 0 Å². The first-order valence-corrected chi connectivity index (χ1v) is 11.3. The monoisotopic (exact) mass is 506 g/mol. The fourth-order valence-electron chi connectivity index (χ4n) is 3.84. The molecule has 190 valence electrons. The molecule has 1 aromatic carbocycles. The van der Waals surface area contributed by atoms with Crippen LogP contribution in [0.5, 0.6) is 5.75 Å². The Hall–Kier alpha value is -4.94. The first-order chi connectivity index (χ1) is 17.9. The van der Waals surface area contributed by atoms with Gasteiger partial charge < -0.3 is 35.2 Å². The molecule has 3 aromatic rings. The predicted molar refractivity (Wildman–Crippen MR) is 134 cm³/mol. The summed E-state index contributed by atoms with van der Waals surface area (Å²) >= 11 is 0. The number of rotatable bonds is 5. The summed E-state index contributed by atoms with van der Waals surface area (Å²) in [6.45, 7) is 6.06. The average molecular weight is 506 g/mol. The molecule has 2 aliphatic heterocycles. The van der Waals surface area contributed by atoms with E-state index in [1.54, 1.807) is 17.0 Å². The molecule has 0 aliphatic carbocycles. The van der Waals surface area contributed by atoms with E-state index >= 15 is 0 Å². The number of aromatic nitrogens is 3. The lowest BCUT2D eigenvalue weighted by Crippen LogP contribution is -2.48. The van der Waals surface area contributed by atoms with Crippen LogP contribution in [0.4, 0.5) is 44.0 Å². The molecule has 0 unspecified atom stereocenters. The zero-order valence-electron chi connectivity index (χ0n) is 19.8. The molecule has 4 heterocycles. The number of methoxy groups -OCH3 is 1. The van der Waals surface area contributed by atoms with Crippen molar-refractivity contribution in [3.05, 3.63) is 60.8 Å². The number of hydrogen-bond donors (Lipinski definition) is 3. The van der Waals surface area contributed by atoms with Crippen molar-refractivity contribution in [1.82, 2.24) is 19.9 Å². The lowest BCUT2D eigenvalue weighted by Gasteiger charge is -2.35. The topological polar surface area (TPSA) is 134 Å². The van der Waals surface area contributed by atoms with E-state index in [-0.39, 0.29) is 35.3 Å². The van der Waals surface area contributed by atoms with Crippen molar-refractivity contribution >= 4 is 46.8 Å². The molecule has 2 aliphatic rings. The van der Waals surface area contributed by atoms with E-state index in [2.05, 4.69) is 42.4 Å². The fraction of sp³-hybridized carbons (Fsp3) is 0.208. The highest BCUT2D eigenvalue weighted by molar-refractivity contribution is 6.04. The molecule has 37 heavy (non-hydrogen) atoms. The summed E-state index contributed by atoms with van der Waals surface area (Å²) in [5.41, 5.74) is 1.72. The third-order valence-corrected chi connectivity index (χ3v) is 5.77. The minimum Gasteiger partial charge on any atom is -0.453 e. The number of carbonyl (C=O) groups is 2. The van der Waals surface area contributed by atoms with Crippen LogP contribution in [0.3, 0.4) is 0 Å². The molecular formula is C24H23FN8O4. The number of piperazine rings is 1. The summed E-state index contributed by atoms with van der Waals surface area (Å²) < 4.78 is 24.5. The number of nitrogens with one attached hydrogen (secondary N) is 3. The molecule has 1 fully saturated rings. The Labute approximate surface area is 211 Å². The second-order valence-corrected chi connectivity index (χ2v) is 8.15. The number of hydrogen-bond acceptors (Lipinski definition) is 10. The molecule has 0 atom stereocenters. The lowest BCUT2D eigenvalue weighted by molar-refractivity contribution is -0.115. The fourth-order valence-corrected chi connectivity index (χ4v) is 3.84. The van der Waals surface area contributed by atoms with Crippen LogP contribution in [-0.2, 0) is 9.53 Å². The van der Waals surface area contributed by atoms with Gasteiger partial charge in [0.1, 0.15) is 5.82 Å². The number of halogens is 1. The highest BCUT2D eigenvalue weighted by atomic mass is 19.1. The van der Waals surface area contributed by atoms with Gasteiger partial charge in [-0.1, -0.05) is 6.58 Å². The zero-order chi connectivity index (χ0) is 25.9. The number of benzene rings is 1. The van der Waals surface area contributed by atoms with Gasteiger partial charge in [0, 0.05) is 37.6 Å². The van der Waals surface area contributed by atoms with E-state index in [0.29, 0.717) is 37.6 Å². The van der Waals surface area contributed by atoms with Crippen LogP contribution in [0.2, 0.25) is 0 Å². The minimum atomic E-state index is -0.680. The molecule has 2 aromatic heterocycles. The Morgan fingerprint density at radius 1 is 1.11 bits per heavy atom. The van der Waals surface area contributed by atoms with Crippen molar-refractivity contribution in [1.29, 1.82) is 0 Å². The maximum Gasteiger partial charge on any atom is 0.409 e. The van der Waals surface area contributed by atoms with E-state index in [0.717, 1.165) is 11.9 Å². The van der Waals surface area contributed by atoms with Gasteiger partial charge in [-0.15, -0.1) is 0 Å². The number of carbonyl (C=O) groups excluding carboxylic acids is 2. The number of amides is 2. The predicted octanol–water partition coefficient (Wildman–Crippen LogP) is 3.23. The SMILES string of the molecule is C=C1Oc2ccc(Nc3nc(Nc4ccc(N5CCN(C(=O)OC)CC5)cc4)ncc3F)nc2NC1=O. The van der Waals surface area contributed by atoms with Crippen LogP contribution in [0.25, 0.3) is 0 Å². The van der Waals surface area contributed by atoms with E-state index in [9.17, 15) is 14.0 Å². The molecule has 13 heteroatoms. The van der Waals surface area contributed by atoms with Crippen LogP contribution < -0.4 is 25.6 Å². The molecule has 0 spiro atoms. The van der Waals surface area contributed by atoms with Crippen molar-refractivity contribution < 1.29 is 23.5 Å². The highest BCUT2D eigenvalue weighted by Crippen LogP contribution is 2.31. The Kier molecular flexibility index (Phi) is 6.41. The first kappa shape index (κ1) is 23.8. The maximum atomic E-state index is 14.4. The third kappa shape index (κ3) is 5.19. The normalized spacial score (nSPS) is 14.9. The van der Waals surface area contributed by atoms with Crippen molar-refractivity contribution in [3.63, 3.8) is 0 Å². The molecule has 0 radical (unpaired) electrons. The quantitative estimate of drug-likeness (QED) is 0.443. The number of nitrogens with zero attached hydrogens (tertiary/aromatic N) is 5. The Morgan fingerprint density at radius 3 is 2.59 bits per heavy atom. The van der Waals surface area contributed by atoms with Crippen LogP contribution in [0.1, 0.15) is 0 Å². The second-order valence-electron chi connectivity index (χ2n) is 8.15. The van der Waals surface area contributed by atoms with Crippen LogP contribution in [0.15, 0.2) is 54.9 Å². The van der Waals surface area contributed by atoms with Gasteiger partial charge in [-0.3, -0.25) is 4.79 Å². The van der Waals surface area contributed by atoms with Gasteiger partial charge in [0.05, 0.1) is 13.3 Å². The van der Waals surface area contributed by atoms with Crippen LogP contribution in [0, 0.1) is 5.82 Å².